The van der Waals surface area contributed by atoms with Crippen molar-refractivity contribution >= 4 is 0 Å². The summed E-state index contributed by atoms with van der Waals surface area (Å²) in [5.41, 5.74) is 0.230. The summed E-state index contributed by atoms with van der Waals surface area (Å²) in [6, 6.07) is 0.638. The molecule has 2 fully saturated rings. The van der Waals surface area contributed by atoms with E-state index in [0.29, 0.717) is 6.04 Å². The third-order valence-electron chi connectivity index (χ3n) is 3.81. The number of ether oxygens (including phenoxy) is 1. The molecule has 1 N–H and O–H groups in total. The van der Waals surface area contributed by atoms with E-state index in [2.05, 4.69) is 12.2 Å². The molecule has 2 nitrogen and oxygen atoms in total. The van der Waals surface area contributed by atoms with Gasteiger partial charge in [-0.3, -0.25) is 0 Å². The van der Waals surface area contributed by atoms with Crippen molar-refractivity contribution in [2.24, 2.45) is 0 Å². The van der Waals surface area contributed by atoms with E-state index < -0.39 is 0 Å². The van der Waals surface area contributed by atoms with E-state index in [1.807, 2.05) is 0 Å². The van der Waals surface area contributed by atoms with Crippen molar-refractivity contribution in [3.63, 3.8) is 0 Å². The Kier molecular flexibility index (Phi) is 3.45. The predicted octanol–water partition coefficient (Wildman–Crippen LogP) is 2.48. The monoisotopic (exact) mass is 197 g/mol. The van der Waals surface area contributed by atoms with Gasteiger partial charge in [-0.05, 0) is 19.3 Å². The third kappa shape index (κ3) is 1.96. The summed E-state index contributed by atoms with van der Waals surface area (Å²) in [6.45, 7) is 4.24. The highest BCUT2D eigenvalue weighted by molar-refractivity contribution is 4.98. The molecule has 0 bridgehead atoms. The number of hydrogen-bond acceptors (Lipinski definition) is 2. The summed E-state index contributed by atoms with van der Waals surface area (Å²) in [6.07, 6.45) is 9.24. The van der Waals surface area contributed by atoms with Gasteiger partial charge in [0.05, 0.1) is 12.2 Å². The van der Waals surface area contributed by atoms with Gasteiger partial charge in [-0.1, -0.05) is 32.6 Å². The molecule has 2 rings (SSSR count). The molecule has 1 spiro atoms. The smallest absolute Gasteiger partial charge is 0.0835 e. The summed E-state index contributed by atoms with van der Waals surface area (Å²) in [5, 5.41) is 3.66. The van der Waals surface area contributed by atoms with Crippen LogP contribution in [0.3, 0.4) is 0 Å². The van der Waals surface area contributed by atoms with E-state index in [-0.39, 0.29) is 5.60 Å². The Morgan fingerprint density at radius 1 is 1.36 bits per heavy atom. The highest BCUT2D eigenvalue weighted by Crippen LogP contribution is 2.39. The number of unbranched alkanes of at least 4 members (excludes halogenated alkanes) is 1. The minimum Gasteiger partial charge on any atom is -0.372 e. The molecular weight excluding hydrogens is 174 g/mol. The highest BCUT2D eigenvalue weighted by Gasteiger charge is 2.43. The second-order valence-electron chi connectivity index (χ2n) is 4.77. The molecule has 2 aliphatic rings. The quantitative estimate of drug-likeness (QED) is 0.750. The lowest BCUT2D eigenvalue weighted by molar-refractivity contribution is -0.0940. The number of nitrogens with one attached hydrogen (secondary N) is 1. The van der Waals surface area contributed by atoms with Crippen LogP contribution in [0, 0.1) is 0 Å². The van der Waals surface area contributed by atoms with Crippen molar-refractivity contribution in [2.75, 3.05) is 13.2 Å². The molecule has 0 aromatic rings. The lowest BCUT2D eigenvalue weighted by Crippen LogP contribution is -2.56. The summed E-state index contributed by atoms with van der Waals surface area (Å²) >= 11 is 0. The van der Waals surface area contributed by atoms with Crippen molar-refractivity contribution in [3.8, 4) is 0 Å². The van der Waals surface area contributed by atoms with Crippen LogP contribution < -0.4 is 5.32 Å². The first-order valence-corrected chi connectivity index (χ1v) is 6.25. The second kappa shape index (κ2) is 4.63. The average molecular weight is 197 g/mol. The van der Waals surface area contributed by atoms with E-state index >= 15 is 0 Å². The van der Waals surface area contributed by atoms with E-state index in [9.17, 15) is 0 Å². The number of hydrogen-bond donors (Lipinski definition) is 1. The van der Waals surface area contributed by atoms with E-state index in [1.54, 1.807) is 0 Å². The first kappa shape index (κ1) is 10.4. The minimum absolute atomic E-state index is 0.230. The first-order chi connectivity index (χ1) is 6.87. The molecule has 1 saturated heterocycles. The predicted molar refractivity (Wildman–Crippen MR) is 58.5 cm³/mol. The van der Waals surface area contributed by atoms with Crippen LogP contribution in [0.5, 0.6) is 0 Å². The zero-order valence-corrected chi connectivity index (χ0v) is 9.35. The molecular formula is C12H23NO. The third-order valence-corrected chi connectivity index (χ3v) is 3.81. The SMILES string of the molecule is CCCCC1NCCOC12CCCC2. The maximum absolute atomic E-state index is 6.07. The lowest BCUT2D eigenvalue weighted by Gasteiger charge is -2.42. The van der Waals surface area contributed by atoms with Crippen LogP contribution in [0.25, 0.3) is 0 Å². The second-order valence-corrected chi connectivity index (χ2v) is 4.77. The molecule has 1 heterocycles. The maximum atomic E-state index is 6.07. The van der Waals surface area contributed by atoms with Crippen molar-refractivity contribution in [3.05, 3.63) is 0 Å². The van der Waals surface area contributed by atoms with Gasteiger partial charge in [-0.2, -0.15) is 0 Å². The topological polar surface area (TPSA) is 21.3 Å². The summed E-state index contributed by atoms with van der Waals surface area (Å²) in [5.74, 6) is 0. The van der Waals surface area contributed by atoms with Crippen LogP contribution in [0.15, 0.2) is 0 Å². The molecule has 1 unspecified atom stereocenters. The highest BCUT2D eigenvalue weighted by atomic mass is 16.5. The van der Waals surface area contributed by atoms with Crippen LogP contribution in [-0.2, 0) is 4.74 Å². The van der Waals surface area contributed by atoms with Gasteiger partial charge < -0.3 is 10.1 Å². The summed E-state index contributed by atoms with van der Waals surface area (Å²) in [7, 11) is 0. The van der Waals surface area contributed by atoms with E-state index in [1.165, 1.54) is 44.9 Å². The number of rotatable bonds is 3. The summed E-state index contributed by atoms with van der Waals surface area (Å²) in [4.78, 5) is 0. The fourth-order valence-corrected chi connectivity index (χ4v) is 3.01. The van der Waals surface area contributed by atoms with Crippen molar-refractivity contribution in [1.29, 1.82) is 0 Å². The van der Waals surface area contributed by atoms with Crippen LogP contribution >= 0.6 is 0 Å². The zero-order chi connectivity index (χ0) is 9.86. The fourth-order valence-electron chi connectivity index (χ4n) is 3.01. The molecule has 82 valence electrons. The zero-order valence-electron chi connectivity index (χ0n) is 9.35. The van der Waals surface area contributed by atoms with Crippen LogP contribution in [0.1, 0.15) is 51.9 Å². The van der Waals surface area contributed by atoms with Gasteiger partial charge in [0.1, 0.15) is 0 Å². The Bertz CT molecular complexity index is 175. The van der Waals surface area contributed by atoms with Gasteiger partial charge >= 0.3 is 0 Å². The first-order valence-electron chi connectivity index (χ1n) is 6.25. The molecule has 0 radical (unpaired) electrons. The normalized spacial score (nSPS) is 31.1. The molecule has 1 saturated carbocycles. The van der Waals surface area contributed by atoms with Crippen molar-refractivity contribution < 1.29 is 4.74 Å². The van der Waals surface area contributed by atoms with Gasteiger partial charge in [0.2, 0.25) is 0 Å². The molecule has 1 aliphatic heterocycles. The molecule has 0 aromatic heterocycles. The molecule has 0 amide bonds. The molecule has 0 aromatic carbocycles. The van der Waals surface area contributed by atoms with Gasteiger partial charge in [-0.25, -0.2) is 0 Å². The van der Waals surface area contributed by atoms with Gasteiger partial charge in [0, 0.05) is 12.6 Å². The average Bonchev–Trinajstić information content (AvgIpc) is 2.66. The Hall–Kier alpha value is -0.0800. The Morgan fingerprint density at radius 2 is 2.14 bits per heavy atom. The molecule has 2 heteroatoms. The van der Waals surface area contributed by atoms with Gasteiger partial charge in [-0.15, -0.1) is 0 Å². The molecule has 1 atom stereocenters. The Labute approximate surface area is 87.4 Å². The van der Waals surface area contributed by atoms with Crippen LogP contribution in [-0.4, -0.2) is 24.8 Å². The van der Waals surface area contributed by atoms with Crippen LogP contribution in [0.4, 0.5) is 0 Å². The Morgan fingerprint density at radius 3 is 2.86 bits per heavy atom. The number of morpholine rings is 1. The van der Waals surface area contributed by atoms with Gasteiger partial charge in [0.25, 0.3) is 0 Å². The Balaban J connectivity index is 1.95. The van der Waals surface area contributed by atoms with E-state index in [0.717, 1.165) is 13.2 Å². The van der Waals surface area contributed by atoms with Gasteiger partial charge in [0.15, 0.2) is 0 Å². The van der Waals surface area contributed by atoms with Crippen molar-refractivity contribution in [2.45, 2.75) is 63.5 Å². The molecule has 1 aliphatic carbocycles. The van der Waals surface area contributed by atoms with Crippen molar-refractivity contribution in [1.82, 2.24) is 5.32 Å². The lowest BCUT2D eigenvalue weighted by atomic mass is 9.87. The maximum Gasteiger partial charge on any atom is 0.0835 e. The molecule has 14 heavy (non-hydrogen) atoms. The minimum atomic E-state index is 0.230. The van der Waals surface area contributed by atoms with E-state index in [4.69, 9.17) is 4.74 Å². The summed E-state index contributed by atoms with van der Waals surface area (Å²) < 4.78 is 6.07. The fraction of sp³-hybridized carbons (Fsp3) is 1.00. The largest absolute Gasteiger partial charge is 0.372 e. The van der Waals surface area contributed by atoms with Crippen LogP contribution in [0.2, 0.25) is 0 Å². The standard InChI is InChI=1S/C12H23NO/c1-2-3-6-11-12(7-4-5-8-12)14-10-9-13-11/h11,13H,2-10H2,1H3.